The molecule has 2 amide bonds. The molecule has 6 nitrogen and oxygen atoms in total. The van der Waals surface area contributed by atoms with Crippen LogP contribution in [-0.2, 0) is 0 Å². The van der Waals surface area contributed by atoms with Gasteiger partial charge in [-0.05, 0) is 18.1 Å². The molecular formula is C14H21FN4O2. The quantitative estimate of drug-likeness (QED) is 0.326. The number of halogens is 1. The van der Waals surface area contributed by atoms with E-state index in [0.717, 1.165) is 0 Å². The van der Waals surface area contributed by atoms with Gasteiger partial charge < -0.3 is 21.2 Å². The van der Waals surface area contributed by atoms with Crippen molar-refractivity contribution in [3.05, 3.63) is 30.1 Å². The zero-order chi connectivity index (χ0) is 15.8. The van der Waals surface area contributed by atoms with E-state index < -0.39 is 11.8 Å². The monoisotopic (exact) mass is 296 g/mol. The van der Waals surface area contributed by atoms with Crippen molar-refractivity contribution in [1.82, 2.24) is 4.90 Å². The maximum Gasteiger partial charge on any atom is 0.321 e. The number of benzene rings is 1. The molecule has 0 radical (unpaired) electrons. The molecule has 0 spiro atoms. The van der Waals surface area contributed by atoms with Crippen LogP contribution in [0, 0.1) is 11.7 Å². The Balaban J connectivity index is 2.73. The molecule has 0 aliphatic rings. The molecule has 0 saturated heterocycles. The molecule has 21 heavy (non-hydrogen) atoms. The van der Waals surface area contributed by atoms with Gasteiger partial charge in [-0.1, -0.05) is 31.1 Å². The van der Waals surface area contributed by atoms with Gasteiger partial charge in [-0.15, -0.1) is 0 Å². The number of nitrogens with two attached hydrogens (primary N) is 1. The Labute approximate surface area is 123 Å². The molecule has 0 saturated carbocycles. The number of hydrogen-bond acceptors (Lipinski definition) is 3. The number of anilines is 1. The lowest BCUT2D eigenvalue weighted by molar-refractivity contribution is 0.206. The fourth-order valence-electron chi connectivity index (χ4n) is 1.77. The van der Waals surface area contributed by atoms with Gasteiger partial charge in [-0.2, -0.15) is 0 Å². The van der Waals surface area contributed by atoms with Crippen molar-refractivity contribution in [2.24, 2.45) is 16.8 Å². The number of oxime groups is 1. The summed E-state index contributed by atoms with van der Waals surface area (Å²) in [4.78, 5) is 13.7. The van der Waals surface area contributed by atoms with Crippen LogP contribution in [0.4, 0.5) is 14.9 Å². The molecule has 1 aromatic carbocycles. The van der Waals surface area contributed by atoms with Crippen LogP contribution in [0.5, 0.6) is 0 Å². The van der Waals surface area contributed by atoms with Crippen LogP contribution in [0.3, 0.4) is 0 Å². The molecular weight excluding hydrogens is 275 g/mol. The van der Waals surface area contributed by atoms with E-state index >= 15 is 0 Å². The van der Waals surface area contributed by atoms with E-state index in [9.17, 15) is 9.18 Å². The number of carbonyl (C=O) groups is 1. The number of hydrogen-bond donors (Lipinski definition) is 3. The zero-order valence-corrected chi connectivity index (χ0v) is 12.2. The van der Waals surface area contributed by atoms with Gasteiger partial charge in [0.2, 0.25) is 0 Å². The topological polar surface area (TPSA) is 90.9 Å². The van der Waals surface area contributed by atoms with Crippen LogP contribution in [0.2, 0.25) is 0 Å². The molecule has 4 N–H and O–H groups in total. The third-order valence-electron chi connectivity index (χ3n) is 2.75. The summed E-state index contributed by atoms with van der Waals surface area (Å²) in [6.07, 6.45) is 0.244. The summed E-state index contributed by atoms with van der Waals surface area (Å²) >= 11 is 0. The molecule has 116 valence electrons. The van der Waals surface area contributed by atoms with Gasteiger partial charge >= 0.3 is 6.03 Å². The van der Waals surface area contributed by atoms with Gasteiger partial charge in [0, 0.05) is 19.5 Å². The van der Waals surface area contributed by atoms with E-state index in [-0.39, 0.29) is 30.4 Å². The first-order chi connectivity index (χ1) is 9.93. The molecule has 7 heteroatoms. The van der Waals surface area contributed by atoms with E-state index in [2.05, 4.69) is 10.5 Å². The van der Waals surface area contributed by atoms with Gasteiger partial charge in [-0.25, -0.2) is 9.18 Å². The van der Waals surface area contributed by atoms with E-state index in [4.69, 9.17) is 10.9 Å². The second-order valence-corrected chi connectivity index (χ2v) is 5.09. The van der Waals surface area contributed by atoms with Crippen LogP contribution >= 0.6 is 0 Å². The highest BCUT2D eigenvalue weighted by atomic mass is 19.1. The Morgan fingerprint density at radius 3 is 2.71 bits per heavy atom. The van der Waals surface area contributed by atoms with Gasteiger partial charge in [0.1, 0.15) is 11.7 Å². The standard InChI is InChI=1S/C14H21FN4O2/c1-10(2)9-19(8-7-13(16)18-21)14(20)17-12-6-4-3-5-11(12)15/h3-6,10,21H,7-9H2,1-2H3,(H2,16,18)(H,17,20). The average Bonchev–Trinajstić information content (AvgIpc) is 2.45. The summed E-state index contributed by atoms with van der Waals surface area (Å²) < 4.78 is 13.5. The molecule has 1 aromatic rings. The van der Waals surface area contributed by atoms with E-state index in [1.165, 1.54) is 17.0 Å². The van der Waals surface area contributed by atoms with Crippen molar-refractivity contribution >= 4 is 17.6 Å². The molecule has 0 aromatic heterocycles. The minimum Gasteiger partial charge on any atom is -0.409 e. The van der Waals surface area contributed by atoms with Crippen molar-refractivity contribution in [2.75, 3.05) is 18.4 Å². The Hall–Kier alpha value is -2.31. The zero-order valence-electron chi connectivity index (χ0n) is 12.2. The highest BCUT2D eigenvalue weighted by Crippen LogP contribution is 2.13. The summed E-state index contributed by atoms with van der Waals surface area (Å²) in [5.74, 6) is -0.210. The predicted molar refractivity (Wildman–Crippen MR) is 79.9 cm³/mol. The summed E-state index contributed by atoms with van der Waals surface area (Å²) in [6.45, 7) is 4.70. The fraction of sp³-hybridized carbons (Fsp3) is 0.429. The lowest BCUT2D eigenvalue weighted by Gasteiger charge is -2.24. The maximum atomic E-state index is 13.5. The molecule has 0 aliphatic heterocycles. The molecule has 0 unspecified atom stereocenters. The van der Waals surface area contributed by atoms with E-state index in [0.29, 0.717) is 6.54 Å². The van der Waals surface area contributed by atoms with Crippen molar-refractivity contribution < 1.29 is 14.4 Å². The minimum absolute atomic E-state index is 0.0439. The highest BCUT2D eigenvalue weighted by molar-refractivity contribution is 5.90. The van der Waals surface area contributed by atoms with Crippen molar-refractivity contribution in [2.45, 2.75) is 20.3 Å². The first-order valence-corrected chi connectivity index (χ1v) is 6.71. The molecule has 0 atom stereocenters. The molecule has 0 aliphatic carbocycles. The predicted octanol–water partition coefficient (Wildman–Crippen LogP) is 2.45. The number of urea groups is 1. The lowest BCUT2D eigenvalue weighted by Crippen LogP contribution is -2.39. The number of amides is 2. The third kappa shape index (κ3) is 5.68. The first-order valence-electron chi connectivity index (χ1n) is 6.71. The number of carbonyl (C=O) groups excluding carboxylic acids is 1. The minimum atomic E-state index is -0.494. The Bertz CT molecular complexity index is 506. The SMILES string of the molecule is CC(C)CN(CCC(N)=NO)C(=O)Nc1ccccc1F. The normalized spacial score (nSPS) is 11.5. The summed E-state index contributed by atoms with van der Waals surface area (Å²) in [5, 5.41) is 13.9. The number of para-hydroxylation sites is 1. The summed E-state index contributed by atoms with van der Waals surface area (Å²) in [5.41, 5.74) is 5.54. The van der Waals surface area contributed by atoms with E-state index in [1.807, 2.05) is 13.8 Å². The van der Waals surface area contributed by atoms with Crippen LogP contribution < -0.4 is 11.1 Å². The average molecular weight is 296 g/mol. The number of nitrogens with zero attached hydrogens (tertiary/aromatic N) is 2. The van der Waals surface area contributed by atoms with Crippen LogP contribution in [0.1, 0.15) is 20.3 Å². The first kappa shape index (κ1) is 16.7. The molecule has 0 fully saturated rings. The summed E-state index contributed by atoms with van der Waals surface area (Å²) in [7, 11) is 0. The van der Waals surface area contributed by atoms with Gasteiger partial charge in [0.25, 0.3) is 0 Å². The van der Waals surface area contributed by atoms with E-state index in [1.54, 1.807) is 12.1 Å². The number of amidine groups is 1. The lowest BCUT2D eigenvalue weighted by atomic mass is 10.2. The van der Waals surface area contributed by atoms with Crippen LogP contribution in [0.15, 0.2) is 29.4 Å². The van der Waals surface area contributed by atoms with Crippen molar-refractivity contribution in [3.63, 3.8) is 0 Å². The van der Waals surface area contributed by atoms with Gasteiger partial charge in [-0.3, -0.25) is 0 Å². The molecule has 0 bridgehead atoms. The number of rotatable bonds is 6. The second kappa shape index (κ2) is 8.08. The van der Waals surface area contributed by atoms with Crippen molar-refractivity contribution in [3.8, 4) is 0 Å². The Morgan fingerprint density at radius 1 is 1.48 bits per heavy atom. The molecule has 0 heterocycles. The Morgan fingerprint density at radius 2 is 2.14 bits per heavy atom. The largest absolute Gasteiger partial charge is 0.409 e. The maximum absolute atomic E-state index is 13.5. The smallest absolute Gasteiger partial charge is 0.321 e. The third-order valence-corrected chi connectivity index (χ3v) is 2.75. The molecule has 1 rings (SSSR count). The Kier molecular flexibility index (Phi) is 6.45. The van der Waals surface area contributed by atoms with Crippen molar-refractivity contribution in [1.29, 1.82) is 0 Å². The second-order valence-electron chi connectivity index (χ2n) is 5.09. The highest BCUT2D eigenvalue weighted by Gasteiger charge is 2.16. The van der Waals surface area contributed by atoms with Gasteiger partial charge in [0.05, 0.1) is 5.69 Å². The number of nitrogens with one attached hydrogen (secondary N) is 1. The van der Waals surface area contributed by atoms with Gasteiger partial charge in [0.15, 0.2) is 0 Å². The van der Waals surface area contributed by atoms with Crippen LogP contribution in [0.25, 0.3) is 0 Å². The summed E-state index contributed by atoms with van der Waals surface area (Å²) in [6, 6.07) is 5.54. The van der Waals surface area contributed by atoms with Crippen LogP contribution in [-0.4, -0.2) is 35.1 Å². The fourth-order valence-corrected chi connectivity index (χ4v) is 1.77.